The smallest absolute Gasteiger partial charge is 0.348 e. The van der Waals surface area contributed by atoms with E-state index < -0.39 is 12.1 Å². The van der Waals surface area contributed by atoms with E-state index >= 15 is 0 Å². The van der Waals surface area contributed by atoms with Crippen molar-refractivity contribution in [2.45, 2.75) is 44.8 Å². The number of carbonyl (C=O) groups excluding carboxylic acids is 2. The monoisotopic (exact) mass is 354 g/mol. The summed E-state index contributed by atoms with van der Waals surface area (Å²) in [6, 6.07) is 5.94. The molecular weight excluding hydrogens is 333 g/mol. The Bertz CT molecular complexity index is 635. The summed E-state index contributed by atoms with van der Waals surface area (Å²) in [7, 11) is 0. The van der Waals surface area contributed by atoms with E-state index in [1.165, 1.54) is 43.5 Å². The Morgan fingerprint density at radius 2 is 1.88 bits per heavy atom. The molecule has 1 aromatic rings. The average molecular weight is 354 g/mol. The van der Waals surface area contributed by atoms with Gasteiger partial charge in [-0.2, -0.15) is 13.2 Å². The van der Waals surface area contributed by atoms with Gasteiger partial charge in [0.15, 0.2) is 0 Å². The minimum atomic E-state index is -4.94. The van der Waals surface area contributed by atoms with E-state index in [1.54, 1.807) is 11.4 Å². The highest BCUT2D eigenvalue weighted by molar-refractivity contribution is 5.95. The molecule has 0 bridgehead atoms. The summed E-state index contributed by atoms with van der Waals surface area (Å²) in [5.74, 6) is -1.82. The van der Waals surface area contributed by atoms with E-state index in [1.807, 2.05) is 6.08 Å². The van der Waals surface area contributed by atoms with E-state index in [4.69, 9.17) is 0 Å². The molecule has 1 aromatic carbocycles. The van der Waals surface area contributed by atoms with Crippen LogP contribution in [-0.4, -0.2) is 18.0 Å². The number of rotatable bonds is 5. The van der Waals surface area contributed by atoms with E-state index in [2.05, 4.69) is 5.32 Å². The molecule has 1 aliphatic carbocycles. The molecule has 136 valence electrons. The van der Waals surface area contributed by atoms with Crippen LogP contribution in [0.3, 0.4) is 0 Å². The summed E-state index contributed by atoms with van der Waals surface area (Å²) in [6.07, 6.45) is 4.33. The van der Waals surface area contributed by atoms with Crippen LogP contribution in [-0.2, 0) is 16.1 Å². The summed E-state index contributed by atoms with van der Waals surface area (Å²) in [4.78, 5) is 22.8. The first-order valence-corrected chi connectivity index (χ1v) is 8.28. The maximum absolute atomic E-state index is 12.3. The van der Waals surface area contributed by atoms with Gasteiger partial charge in [-0.1, -0.05) is 37.5 Å². The predicted octanol–water partition coefficient (Wildman–Crippen LogP) is 3.94. The van der Waals surface area contributed by atoms with E-state index in [0.717, 1.165) is 12.8 Å². The fourth-order valence-electron chi connectivity index (χ4n) is 2.76. The van der Waals surface area contributed by atoms with Crippen LogP contribution >= 0.6 is 0 Å². The highest BCUT2D eigenvalue weighted by Crippen LogP contribution is 2.24. The minimum absolute atomic E-state index is 0.0341. The zero-order chi connectivity index (χ0) is 18.3. The first kappa shape index (κ1) is 19.0. The van der Waals surface area contributed by atoms with Crippen LogP contribution < -0.4 is 10.6 Å². The second-order valence-corrected chi connectivity index (χ2v) is 6.13. The normalized spacial score (nSPS) is 16.0. The van der Waals surface area contributed by atoms with Crippen LogP contribution in [0.25, 0.3) is 0 Å². The second-order valence-electron chi connectivity index (χ2n) is 6.13. The Morgan fingerprint density at radius 3 is 2.56 bits per heavy atom. The number of halogens is 3. The number of benzene rings is 1. The zero-order valence-corrected chi connectivity index (χ0v) is 13.7. The van der Waals surface area contributed by atoms with Gasteiger partial charge in [-0.15, -0.1) is 0 Å². The van der Waals surface area contributed by atoms with Crippen molar-refractivity contribution in [2.24, 2.45) is 5.92 Å². The van der Waals surface area contributed by atoms with Crippen molar-refractivity contribution in [3.05, 3.63) is 42.0 Å². The van der Waals surface area contributed by atoms with Gasteiger partial charge in [0.25, 0.3) is 0 Å². The third-order valence-electron chi connectivity index (χ3n) is 4.08. The molecule has 2 rings (SSSR count). The van der Waals surface area contributed by atoms with Crippen LogP contribution in [0, 0.1) is 5.92 Å². The summed E-state index contributed by atoms with van der Waals surface area (Å²) in [5.41, 5.74) is 0.631. The summed E-state index contributed by atoms with van der Waals surface area (Å²) in [5, 5.41) is 4.48. The van der Waals surface area contributed by atoms with Crippen molar-refractivity contribution in [1.82, 2.24) is 5.32 Å². The standard InChI is InChI=1S/C18H21F3N2O2/c19-18(20,21)17(25)23-15-8-4-7-14(11-15)12-22-16(24)10-9-13-5-2-1-3-6-13/h4,7-11,13H,1-3,5-6,12H2,(H,22,24)(H,23,25)/b10-9+. The van der Waals surface area contributed by atoms with Gasteiger partial charge in [0, 0.05) is 12.2 Å². The molecule has 0 atom stereocenters. The maximum atomic E-state index is 12.3. The third-order valence-corrected chi connectivity index (χ3v) is 4.08. The van der Waals surface area contributed by atoms with Crippen LogP contribution in [0.15, 0.2) is 36.4 Å². The lowest BCUT2D eigenvalue weighted by Gasteiger charge is -2.17. The first-order chi connectivity index (χ1) is 11.8. The fraction of sp³-hybridized carbons (Fsp3) is 0.444. The van der Waals surface area contributed by atoms with Crippen LogP contribution in [0.4, 0.5) is 18.9 Å². The lowest BCUT2D eigenvalue weighted by molar-refractivity contribution is -0.167. The quantitative estimate of drug-likeness (QED) is 0.787. The van der Waals surface area contributed by atoms with E-state index in [-0.39, 0.29) is 18.1 Å². The van der Waals surface area contributed by atoms with Gasteiger partial charge in [-0.3, -0.25) is 9.59 Å². The van der Waals surface area contributed by atoms with Crippen LogP contribution in [0.2, 0.25) is 0 Å². The average Bonchev–Trinajstić information content (AvgIpc) is 2.58. The highest BCUT2D eigenvalue weighted by atomic mass is 19.4. The molecule has 0 aliphatic heterocycles. The van der Waals surface area contributed by atoms with Gasteiger partial charge in [-0.25, -0.2) is 0 Å². The molecule has 0 saturated heterocycles. The molecule has 1 aliphatic rings. The SMILES string of the molecule is O=C(/C=C/C1CCCCC1)NCc1cccc(NC(=O)C(F)(F)F)c1. The number of allylic oxidation sites excluding steroid dienone is 1. The van der Waals surface area contributed by atoms with Gasteiger partial charge < -0.3 is 10.6 Å². The van der Waals surface area contributed by atoms with Crippen molar-refractivity contribution in [1.29, 1.82) is 0 Å². The van der Waals surface area contributed by atoms with Gasteiger partial charge in [0.2, 0.25) is 5.91 Å². The second kappa shape index (κ2) is 8.69. The summed E-state index contributed by atoms with van der Waals surface area (Å²) >= 11 is 0. The molecule has 25 heavy (non-hydrogen) atoms. The van der Waals surface area contributed by atoms with Crippen LogP contribution in [0.1, 0.15) is 37.7 Å². The molecule has 1 fully saturated rings. The van der Waals surface area contributed by atoms with E-state index in [9.17, 15) is 22.8 Å². The Kier molecular flexibility index (Phi) is 6.61. The van der Waals surface area contributed by atoms with Gasteiger partial charge in [-0.05, 0) is 42.5 Å². The van der Waals surface area contributed by atoms with Crippen molar-refractivity contribution in [2.75, 3.05) is 5.32 Å². The minimum Gasteiger partial charge on any atom is -0.348 e. The molecular formula is C18H21F3N2O2. The Morgan fingerprint density at radius 1 is 1.16 bits per heavy atom. The molecule has 0 aromatic heterocycles. The van der Waals surface area contributed by atoms with E-state index in [0.29, 0.717) is 11.5 Å². The molecule has 0 spiro atoms. The summed E-state index contributed by atoms with van der Waals surface area (Å²) in [6.45, 7) is 0.170. The predicted molar refractivity (Wildman–Crippen MR) is 88.7 cm³/mol. The molecule has 0 radical (unpaired) electrons. The Balaban J connectivity index is 1.84. The topological polar surface area (TPSA) is 58.2 Å². The summed E-state index contributed by atoms with van der Waals surface area (Å²) < 4.78 is 36.8. The lowest BCUT2D eigenvalue weighted by atomic mass is 9.89. The molecule has 1 saturated carbocycles. The van der Waals surface area contributed by atoms with Gasteiger partial charge >= 0.3 is 12.1 Å². The third kappa shape index (κ3) is 6.60. The Labute approximate surface area is 144 Å². The van der Waals surface area contributed by atoms with Gasteiger partial charge in [0.1, 0.15) is 0 Å². The molecule has 7 heteroatoms. The maximum Gasteiger partial charge on any atom is 0.471 e. The van der Waals surface area contributed by atoms with Crippen molar-refractivity contribution in [3.63, 3.8) is 0 Å². The van der Waals surface area contributed by atoms with Gasteiger partial charge in [0.05, 0.1) is 0 Å². The van der Waals surface area contributed by atoms with Crippen molar-refractivity contribution >= 4 is 17.5 Å². The molecule has 0 heterocycles. The molecule has 2 N–H and O–H groups in total. The largest absolute Gasteiger partial charge is 0.471 e. The fourth-order valence-corrected chi connectivity index (χ4v) is 2.76. The number of anilines is 1. The number of carbonyl (C=O) groups is 2. The molecule has 2 amide bonds. The Hall–Kier alpha value is -2.31. The first-order valence-electron chi connectivity index (χ1n) is 8.28. The van der Waals surface area contributed by atoms with Crippen molar-refractivity contribution < 1.29 is 22.8 Å². The number of nitrogens with one attached hydrogen (secondary N) is 2. The zero-order valence-electron chi connectivity index (χ0n) is 13.7. The molecule has 4 nitrogen and oxygen atoms in total. The van der Waals surface area contributed by atoms with Crippen LogP contribution in [0.5, 0.6) is 0 Å². The highest BCUT2D eigenvalue weighted by Gasteiger charge is 2.38. The molecule has 0 unspecified atom stereocenters. The lowest BCUT2D eigenvalue weighted by Crippen LogP contribution is -2.30. The number of hydrogen-bond acceptors (Lipinski definition) is 2. The van der Waals surface area contributed by atoms with Crippen molar-refractivity contribution in [3.8, 4) is 0 Å². The number of alkyl halides is 3. The number of amides is 2. The number of hydrogen-bond donors (Lipinski definition) is 2.